The van der Waals surface area contributed by atoms with Gasteiger partial charge in [-0.15, -0.1) is 0 Å². The fourth-order valence-corrected chi connectivity index (χ4v) is 2.79. The average molecular weight is 611 g/mol. The molecule has 2 N–H and O–H groups in total. The van der Waals surface area contributed by atoms with Crippen LogP contribution in [0.5, 0.6) is 5.75 Å². The Labute approximate surface area is 287 Å². The van der Waals surface area contributed by atoms with Gasteiger partial charge in [0.25, 0.3) is 6.47 Å². The third-order valence-corrected chi connectivity index (χ3v) is 4.90. The van der Waals surface area contributed by atoms with E-state index in [1.165, 1.54) is 56.1 Å². The third-order valence-electron chi connectivity index (χ3n) is 3.60. The van der Waals surface area contributed by atoms with Crippen molar-refractivity contribution in [2.24, 2.45) is 0 Å². The molecule has 162 valence electrons. The van der Waals surface area contributed by atoms with Crippen LogP contribution in [0, 0.1) is 0 Å². The summed E-state index contributed by atoms with van der Waals surface area (Å²) in [5, 5.41) is 22.4. The summed E-state index contributed by atoms with van der Waals surface area (Å²) in [6.07, 6.45) is 2.78. The number of nitrogens with one attached hydrogen (secondary N) is 1. The molecule has 1 heterocycles. The summed E-state index contributed by atoms with van der Waals surface area (Å²) in [4.78, 5) is 21.9. The molecule has 1 fully saturated rings. The predicted octanol–water partition coefficient (Wildman–Crippen LogP) is -2.00. The maximum Gasteiger partial charge on any atom is 1.00 e. The van der Waals surface area contributed by atoms with Crippen molar-refractivity contribution in [2.45, 2.75) is 30.4 Å². The zero-order chi connectivity index (χ0) is 21.9. The summed E-state index contributed by atoms with van der Waals surface area (Å²) < 4.78 is 0. The van der Waals surface area contributed by atoms with E-state index in [2.05, 4.69) is 66.3 Å². The van der Waals surface area contributed by atoms with Gasteiger partial charge in [-0.2, -0.15) is 0 Å². The van der Waals surface area contributed by atoms with Gasteiger partial charge in [-0.3, -0.25) is 9.59 Å². The van der Waals surface area contributed by atoms with Crippen molar-refractivity contribution < 1.29 is 129 Å². The molecule has 6 nitrogen and oxygen atoms in total. The van der Waals surface area contributed by atoms with Crippen molar-refractivity contribution in [1.29, 1.82) is 0 Å². The standard InChI is InChI=1S/C8H8Br2.C8H8O2.C4H9N.CH2O3.2K.H/c9-5-7-1-2-8(6-10)4-3-7;1-6(9)7-2-4-8(10)5-3-7;1-2-4-5-3-1;2-1-4-3;;;/h1-4H,5-6H2;2-5,10H,1H3;5H,1-4H2;1,3H;;;/q;;;;2*+1;-1/p-1. The maximum atomic E-state index is 10.7. The molecule has 0 aromatic heterocycles. The van der Waals surface area contributed by atoms with E-state index in [1.54, 1.807) is 12.1 Å². The quantitative estimate of drug-likeness (QED) is 0.104. The monoisotopic (exact) mass is 609 g/mol. The van der Waals surface area contributed by atoms with E-state index in [0.29, 0.717) is 5.56 Å². The second-order valence-corrected chi connectivity index (χ2v) is 6.96. The number of carbonyl (C=O) groups is 2. The SMILES string of the molecule is BrCc1ccc(CBr)cc1.C1CCNC1.CC(=O)c1ccc(O)cc1.O=CO[O-].[H-].[K+].[K+]. The van der Waals surface area contributed by atoms with E-state index in [-0.39, 0.29) is 122 Å². The number of benzene rings is 2. The minimum Gasteiger partial charge on any atom is -1.00 e. The molecule has 1 aliphatic heterocycles. The molecule has 3 rings (SSSR count). The third kappa shape index (κ3) is 21.8. The number of aromatic hydroxyl groups is 1. The Morgan fingerprint density at radius 1 is 1.03 bits per heavy atom. The molecule has 0 spiro atoms. The molecule has 2 aromatic rings. The zero-order valence-electron chi connectivity index (χ0n) is 19.3. The van der Waals surface area contributed by atoms with Crippen molar-refractivity contribution >= 4 is 44.1 Å². The van der Waals surface area contributed by atoms with Gasteiger partial charge < -0.3 is 22.0 Å². The number of halogens is 2. The van der Waals surface area contributed by atoms with Crippen LogP contribution in [-0.2, 0) is 20.3 Å². The summed E-state index contributed by atoms with van der Waals surface area (Å²) in [6, 6.07) is 14.7. The normalized spacial score (nSPS) is 10.7. The smallest absolute Gasteiger partial charge is 1.00 e. The molecular weight excluding hydrogens is 584 g/mol. The van der Waals surface area contributed by atoms with Crippen LogP contribution in [-0.4, -0.2) is 30.5 Å². The first-order valence-electron chi connectivity index (χ1n) is 8.91. The van der Waals surface area contributed by atoms with Crippen molar-refractivity contribution in [3.05, 3.63) is 65.2 Å². The number of ketones is 1. The second-order valence-electron chi connectivity index (χ2n) is 5.84. The molecule has 0 amide bonds. The largest absolute Gasteiger partial charge is 1.00 e. The number of hydrogen-bond acceptors (Lipinski definition) is 6. The second kappa shape index (κ2) is 26.1. The summed E-state index contributed by atoms with van der Waals surface area (Å²) >= 11 is 6.78. The van der Waals surface area contributed by atoms with E-state index < -0.39 is 0 Å². The summed E-state index contributed by atoms with van der Waals surface area (Å²) in [5.41, 5.74) is 3.27. The molecular formula is C21H27Br2K2NO5. The van der Waals surface area contributed by atoms with Gasteiger partial charge in [0.15, 0.2) is 5.78 Å². The first-order chi connectivity index (χ1) is 14.0. The van der Waals surface area contributed by atoms with E-state index in [4.69, 9.17) is 15.2 Å². The Kier molecular flexibility index (Phi) is 31.3. The Bertz CT molecular complexity index is 661. The fraction of sp³-hybridized carbons (Fsp3) is 0.333. The van der Waals surface area contributed by atoms with Gasteiger partial charge in [-0.05, 0) is 68.2 Å². The van der Waals surface area contributed by atoms with E-state index in [0.717, 1.165) is 10.7 Å². The summed E-state index contributed by atoms with van der Waals surface area (Å²) in [7, 11) is 0. The average Bonchev–Trinajstić information content (AvgIpc) is 3.35. The number of phenols is 1. The number of rotatable bonds is 4. The molecule has 0 bridgehead atoms. The fourth-order valence-electron chi connectivity index (χ4n) is 2.04. The molecule has 0 aliphatic carbocycles. The van der Waals surface area contributed by atoms with Crippen LogP contribution in [0.4, 0.5) is 0 Å². The summed E-state index contributed by atoms with van der Waals surface area (Å²) in [6.45, 7) is 3.81. The van der Waals surface area contributed by atoms with Crippen molar-refractivity contribution in [3.8, 4) is 5.75 Å². The molecule has 0 atom stereocenters. The molecule has 0 saturated carbocycles. The van der Waals surface area contributed by atoms with E-state index >= 15 is 0 Å². The summed E-state index contributed by atoms with van der Waals surface area (Å²) in [5.74, 6) is 0.199. The number of Topliss-reactive ketones (excluding diaryl/α,β-unsaturated/α-hetero) is 1. The Balaban J connectivity index is -0.000000168. The van der Waals surface area contributed by atoms with Gasteiger partial charge in [0.05, 0.1) is 0 Å². The van der Waals surface area contributed by atoms with Crippen molar-refractivity contribution in [2.75, 3.05) is 13.1 Å². The van der Waals surface area contributed by atoms with Crippen LogP contribution in [0.15, 0.2) is 48.5 Å². The molecule has 10 heteroatoms. The van der Waals surface area contributed by atoms with Gasteiger partial charge in [0, 0.05) is 16.2 Å². The minimum atomic E-state index is -0.181. The van der Waals surface area contributed by atoms with Gasteiger partial charge >= 0.3 is 103 Å². The molecule has 0 radical (unpaired) electrons. The number of carbonyl (C=O) groups excluding carboxylic acids is 2. The molecule has 1 aliphatic rings. The van der Waals surface area contributed by atoms with Crippen LogP contribution < -0.4 is 113 Å². The zero-order valence-corrected chi connectivity index (χ0v) is 27.7. The first-order valence-corrected chi connectivity index (χ1v) is 11.2. The number of hydrogen-bond donors (Lipinski definition) is 2. The van der Waals surface area contributed by atoms with Gasteiger partial charge in [0.1, 0.15) is 5.75 Å². The molecule has 0 unspecified atom stereocenters. The Morgan fingerprint density at radius 2 is 1.42 bits per heavy atom. The van der Waals surface area contributed by atoms with Gasteiger partial charge in [0.2, 0.25) is 0 Å². The van der Waals surface area contributed by atoms with Gasteiger partial charge in [-0.25, -0.2) is 0 Å². The Morgan fingerprint density at radius 3 is 1.65 bits per heavy atom. The molecule has 31 heavy (non-hydrogen) atoms. The van der Waals surface area contributed by atoms with Crippen LogP contribution in [0.3, 0.4) is 0 Å². The first kappa shape index (κ1) is 37.1. The van der Waals surface area contributed by atoms with Crippen molar-refractivity contribution in [1.82, 2.24) is 5.32 Å². The topological polar surface area (TPSA) is 98.7 Å². The van der Waals surface area contributed by atoms with Gasteiger partial charge in [-0.1, -0.05) is 56.1 Å². The van der Waals surface area contributed by atoms with Crippen LogP contribution in [0.2, 0.25) is 0 Å². The van der Waals surface area contributed by atoms with Crippen LogP contribution in [0.25, 0.3) is 0 Å². The van der Waals surface area contributed by atoms with E-state index in [1.807, 2.05) is 0 Å². The predicted molar refractivity (Wildman–Crippen MR) is 120 cm³/mol. The Hall–Kier alpha value is 1.53. The number of alkyl halides is 2. The maximum absolute atomic E-state index is 10.7. The van der Waals surface area contributed by atoms with E-state index in [9.17, 15) is 4.79 Å². The minimum absolute atomic E-state index is 0. The van der Waals surface area contributed by atoms with Crippen LogP contribution in [0.1, 0.15) is 42.7 Å². The van der Waals surface area contributed by atoms with Crippen LogP contribution >= 0.6 is 31.9 Å². The molecule has 1 saturated heterocycles. The molecule has 2 aromatic carbocycles. The van der Waals surface area contributed by atoms with Crippen molar-refractivity contribution in [3.63, 3.8) is 0 Å². The number of phenolic OH excluding ortho intramolecular Hbond substituents is 1.